The van der Waals surface area contributed by atoms with Gasteiger partial charge in [-0.3, -0.25) is 4.98 Å². The summed E-state index contributed by atoms with van der Waals surface area (Å²) in [6.45, 7) is 0. The molecule has 3 aromatic rings. The molecule has 0 N–H and O–H groups in total. The standard InChI is InChI=1S/C15H10F3N3S2/c16-15(17,18)10-4-5-13(20-7-10)22-8-11-9-23-14(21-11)12-3-1-2-6-19-12/h1-7,9H,8H2. The second kappa shape index (κ2) is 6.67. The fourth-order valence-electron chi connectivity index (χ4n) is 1.76. The van der Waals surface area contributed by atoms with Gasteiger partial charge >= 0.3 is 6.18 Å². The minimum absolute atomic E-state index is 0.533. The molecule has 0 atom stereocenters. The lowest BCUT2D eigenvalue weighted by atomic mass is 10.3. The highest BCUT2D eigenvalue weighted by Crippen LogP contribution is 2.30. The number of halogens is 3. The summed E-state index contributed by atoms with van der Waals surface area (Å²) in [6.07, 6.45) is -1.80. The highest BCUT2D eigenvalue weighted by atomic mass is 32.2. The van der Waals surface area contributed by atoms with Crippen molar-refractivity contribution in [2.75, 3.05) is 0 Å². The lowest BCUT2D eigenvalue weighted by Crippen LogP contribution is -2.05. The Kier molecular flexibility index (Phi) is 4.63. The first kappa shape index (κ1) is 15.9. The van der Waals surface area contributed by atoms with E-state index in [0.29, 0.717) is 10.8 Å². The summed E-state index contributed by atoms with van der Waals surface area (Å²) in [5.41, 5.74) is 0.914. The van der Waals surface area contributed by atoms with Crippen molar-refractivity contribution < 1.29 is 13.2 Å². The van der Waals surface area contributed by atoms with Crippen LogP contribution in [0.2, 0.25) is 0 Å². The van der Waals surface area contributed by atoms with Gasteiger partial charge in [0.2, 0.25) is 0 Å². The first-order chi connectivity index (χ1) is 11.0. The second-order valence-corrected chi connectivity index (χ2v) is 6.38. The molecule has 3 aromatic heterocycles. The van der Waals surface area contributed by atoms with E-state index in [2.05, 4.69) is 15.0 Å². The monoisotopic (exact) mass is 353 g/mol. The Labute approximate surface area is 138 Å². The predicted molar refractivity (Wildman–Crippen MR) is 84.1 cm³/mol. The average Bonchev–Trinajstić information content (AvgIpc) is 3.02. The fraction of sp³-hybridized carbons (Fsp3) is 0.133. The van der Waals surface area contributed by atoms with Gasteiger partial charge in [-0.15, -0.1) is 23.1 Å². The third kappa shape index (κ3) is 4.08. The molecule has 0 bridgehead atoms. The van der Waals surface area contributed by atoms with E-state index in [1.807, 2.05) is 23.6 Å². The molecule has 118 valence electrons. The van der Waals surface area contributed by atoms with E-state index in [0.717, 1.165) is 28.7 Å². The van der Waals surface area contributed by atoms with Crippen LogP contribution in [0.3, 0.4) is 0 Å². The van der Waals surface area contributed by atoms with Crippen LogP contribution in [0.25, 0.3) is 10.7 Å². The van der Waals surface area contributed by atoms with Crippen molar-refractivity contribution in [3.05, 3.63) is 59.4 Å². The van der Waals surface area contributed by atoms with Gasteiger partial charge in [0.15, 0.2) is 0 Å². The van der Waals surface area contributed by atoms with E-state index in [-0.39, 0.29) is 0 Å². The van der Waals surface area contributed by atoms with E-state index in [1.54, 1.807) is 6.20 Å². The molecule has 0 fully saturated rings. The van der Waals surface area contributed by atoms with Crippen molar-refractivity contribution in [2.24, 2.45) is 0 Å². The van der Waals surface area contributed by atoms with Crippen molar-refractivity contribution in [3.63, 3.8) is 0 Å². The maximum atomic E-state index is 12.5. The topological polar surface area (TPSA) is 38.7 Å². The largest absolute Gasteiger partial charge is 0.417 e. The number of thiazole rings is 1. The summed E-state index contributed by atoms with van der Waals surface area (Å²) in [5.74, 6) is 0.543. The Bertz CT molecular complexity index is 771. The first-order valence-electron chi connectivity index (χ1n) is 6.54. The first-order valence-corrected chi connectivity index (χ1v) is 8.41. The number of pyridine rings is 2. The van der Waals surface area contributed by atoms with Gasteiger partial charge in [-0.25, -0.2) is 9.97 Å². The van der Waals surface area contributed by atoms with Gasteiger partial charge in [0, 0.05) is 23.5 Å². The molecular formula is C15H10F3N3S2. The molecule has 0 aliphatic carbocycles. The van der Waals surface area contributed by atoms with Crippen LogP contribution in [0.1, 0.15) is 11.3 Å². The maximum absolute atomic E-state index is 12.5. The van der Waals surface area contributed by atoms with Gasteiger partial charge in [0.1, 0.15) is 5.01 Å². The van der Waals surface area contributed by atoms with Gasteiger partial charge in [-0.05, 0) is 24.3 Å². The molecule has 8 heteroatoms. The lowest BCUT2D eigenvalue weighted by Gasteiger charge is -2.06. The van der Waals surface area contributed by atoms with E-state index < -0.39 is 11.7 Å². The van der Waals surface area contributed by atoms with E-state index >= 15 is 0 Å². The summed E-state index contributed by atoms with van der Waals surface area (Å²) in [7, 11) is 0. The number of aromatic nitrogens is 3. The van der Waals surface area contributed by atoms with Crippen molar-refractivity contribution >= 4 is 23.1 Å². The molecule has 0 aromatic carbocycles. The summed E-state index contributed by atoms with van der Waals surface area (Å²) in [5, 5.41) is 3.27. The SMILES string of the molecule is FC(F)(F)c1ccc(SCc2csc(-c3ccccn3)n2)nc1. The third-order valence-corrected chi connectivity index (χ3v) is 4.76. The highest BCUT2D eigenvalue weighted by molar-refractivity contribution is 7.98. The van der Waals surface area contributed by atoms with Crippen LogP contribution in [0.15, 0.2) is 53.1 Å². The molecule has 0 aliphatic rings. The van der Waals surface area contributed by atoms with Crippen LogP contribution < -0.4 is 0 Å². The van der Waals surface area contributed by atoms with Crippen molar-refractivity contribution in [2.45, 2.75) is 17.0 Å². The summed E-state index contributed by atoms with van der Waals surface area (Å²) < 4.78 is 37.4. The van der Waals surface area contributed by atoms with E-state index in [1.165, 1.54) is 29.2 Å². The Morgan fingerprint density at radius 3 is 2.61 bits per heavy atom. The van der Waals surface area contributed by atoms with Gasteiger partial charge in [-0.1, -0.05) is 6.07 Å². The minimum atomic E-state index is -4.36. The Hall–Kier alpha value is -1.93. The third-order valence-electron chi connectivity index (χ3n) is 2.87. The maximum Gasteiger partial charge on any atom is 0.417 e. The molecule has 0 aliphatic heterocycles. The van der Waals surface area contributed by atoms with Crippen LogP contribution in [0, 0.1) is 0 Å². The lowest BCUT2D eigenvalue weighted by molar-refractivity contribution is -0.137. The van der Waals surface area contributed by atoms with Gasteiger partial charge in [-0.2, -0.15) is 13.2 Å². The molecule has 0 saturated carbocycles. The van der Waals surface area contributed by atoms with Gasteiger partial charge in [0.25, 0.3) is 0 Å². The zero-order chi connectivity index (χ0) is 16.3. The normalized spacial score (nSPS) is 11.6. The molecule has 3 nitrogen and oxygen atoms in total. The van der Waals surface area contributed by atoms with Crippen LogP contribution in [-0.4, -0.2) is 15.0 Å². The van der Waals surface area contributed by atoms with Gasteiger partial charge < -0.3 is 0 Å². The number of alkyl halides is 3. The van der Waals surface area contributed by atoms with Crippen molar-refractivity contribution in [1.29, 1.82) is 0 Å². The van der Waals surface area contributed by atoms with Crippen molar-refractivity contribution in [1.82, 2.24) is 15.0 Å². The summed E-state index contributed by atoms with van der Waals surface area (Å²) >= 11 is 2.83. The quantitative estimate of drug-likeness (QED) is 0.625. The van der Waals surface area contributed by atoms with E-state index in [4.69, 9.17) is 0 Å². The molecule has 3 heterocycles. The average molecular weight is 353 g/mol. The molecule has 23 heavy (non-hydrogen) atoms. The zero-order valence-electron chi connectivity index (χ0n) is 11.6. The number of hydrogen-bond donors (Lipinski definition) is 0. The smallest absolute Gasteiger partial charge is 0.254 e. The van der Waals surface area contributed by atoms with Crippen LogP contribution in [0.4, 0.5) is 13.2 Å². The Morgan fingerprint density at radius 2 is 1.96 bits per heavy atom. The molecule has 3 rings (SSSR count). The van der Waals surface area contributed by atoms with Crippen LogP contribution in [-0.2, 0) is 11.9 Å². The summed E-state index contributed by atoms with van der Waals surface area (Å²) in [6, 6.07) is 8.02. The molecule has 0 radical (unpaired) electrons. The number of rotatable bonds is 4. The molecule has 0 saturated heterocycles. The molecule has 0 amide bonds. The highest BCUT2D eigenvalue weighted by Gasteiger charge is 2.30. The number of thioether (sulfide) groups is 1. The predicted octanol–water partition coefficient (Wildman–Crippen LogP) is 4.91. The van der Waals surface area contributed by atoms with E-state index in [9.17, 15) is 13.2 Å². The Balaban J connectivity index is 1.64. The number of hydrogen-bond acceptors (Lipinski definition) is 5. The van der Waals surface area contributed by atoms with Crippen LogP contribution >= 0.6 is 23.1 Å². The molecule has 0 unspecified atom stereocenters. The Morgan fingerprint density at radius 1 is 1.09 bits per heavy atom. The molecule has 0 spiro atoms. The van der Waals surface area contributed by atoms with Crippen LogP contribution in [0.5, 0.6) is 0 Å². The summed E-state index contributed by atoms with van der Waals surface area (Å²) in [4.78, 5) is 12.5. The fourth-order valence-corrected chi connectivity index (χ4v) is 3.40. The number of nitrogens with zero attached hydrogens (tertiary/aromatic N) is 3. The minimum Gasteiger partial charge on any atom is -0.254 e. The van der Waals surface area contributed by atoms with Crippen molar-refractivity contribution in [3.8, 4) is 10.7 Å². The zero-order valence-corrected chi connectivity index (χ0v) is 13.3. The molecular weight excluding hydrogens is 343 g/mol. The van der Waals surface area contributed by atoms with Gasteiger partial charge in [0.05, 0.1) is 22.0 Å². The second-order valence-electron chi connectivity index (χ2n) is 4.53.